The zero-order chi connectivity index (χ0) is 18.3. The second-order valence-corrected chi connectivity index (χ2v) is 7.18. The minimum atomic E-state index is -0.641. The number of fused-ring (bicyclic) bond motifs is 1. The zero-order valence-electron chi connectivity index (χ0n) is 14.7. The Labute approximate surface area is 169 Å². The fourth-order valence-electron chi connectivity index (χ4n) is 3.86. The van der Waals surface area contributed by atoms with Gasteiger partial charge in [0, 0.05) is 35.2 Å². The van der Waals surface area contributed by atoms with Gasteiger partial charge in [0.05, 0.1) is 0 Å². The van der Waals surface area contributed by atoms with Crippen LogP contribution < -0.4 is 15.5 Å². The number of nitrogens with two attached hydrogens (primary N) is 1. The summed E-state index contributed by atoms with van der Waals surface area (Å²) in [7, 11) is 0. The summed E-state index contributed by atoms with van der Waals surface area (Å²) in [5, 5.41) is 0.621. The van der Waals surface area contributed by atoms with Crippen LogP contribution >= 0.6 is 24.0 Å². The molecule has 1 saturated heterocycles. The van der Waals surface area contributed by atoms with Crippen LogP contribution in [0.1, 0.15) is 18.4 Å². The van der Waals surface area contributed by atoms with Crippen LogP contribution in [-0.4, -0.2) is 24.9 Å². The van der Waals surface area contributed by atoms with E-state index in [1.54, 1.807) is 21.9 Å². The van der Waals surface area contributed by atoms with Crippen LogP contribution in [0.3, 0.4) is 0 Å². The normalized spacial score (nSPS) is 18.9. The predicted molar refractivity (Wildman–Crippen MR) is 111 cm³/mol. The molecule has 2 N–H and O–H groups in total. The van der Waals surface area contributed by atoms with Crippen molar-refractivity contribution in [1.29, 1.82) is 0 Å². The standard InChI is InChI=1S/C20H20ClN3O2.ClH/c21-13-6-8-14(9-7-13)23-12-10-16(19(23)25)20(26)24-11-2-3-15-17(22)4-1-5-18(15)24;/h1,4-9,16H,2-3,10-12,22H2;1H. The molecule has 2 aromatic carbocycles. The average molecular weight is 406 g/mol. The highest BCUT2D eigenvalue weighted by Crippen LogP contribution is 2.34. The molecule has 2 heterocycles. The lowest BCUT2D eigenvalue weighted by molar-refractivity contribution is -0.130. The predicted octanol–water partition coefficient (Wildman–Crippen LogP) is 3.68. The molecule has 0 aromatic heterocycles. The molecule has 4 rings (SSSR count). The Balaban J connectivity index is 0.00000210. The molecule has 0 radical (unpaired) electrons. The number of nitrogen functional groups attached to an aromatic ring is 1. The summed E-state index contributed by atoms with van der Waals surface area (Å²) >= 11 is 5.92. The molecule has 2 aliphatic heterocycles. The minimum Gasteiger partial charge on any atom is -0.398 e. The summed E-state index contributed by atoms with van der Waals surface area (Å²) in [5.74, 6) is -0.913. The van der Waals surface area contributed by atoms with Crippen molar-refractivity contribution < 1.29 is 9.59 Å². The number of rotatable bonds is 2. The van der Waals surface area contributed by atoms with E-state index in [-0.39, 0.29) is 24.2 Å². The van der Waals surface area contributed by atoms with Crippen molar-refractivity contribution in [3.8, 4) is 0 Å². The molecule has 1 unspecified atom stereocenters. The summed E-state index contributed by atoms with van der Waals surface area (Å²) in [5.41, 5.74) is 9.41. The molecule has 0 saturated carbocycles. The van der Waals surface area contributed by atoms with E-state index in [1.807, 2.05) is 30.3 Å². The molecule has 2 aliphatic rings. The van der Waals surface area contributed by atoms with Gasteiger partial charge < -0.3 is 15.5 Å². The van der Waals surface area contributed by atoms with Crippen LogP contribution in [0.2, 0.25) is 5.02 Å². The lowest BCUT2D eigenvalue weighted by Gasteiger charge is -2.31. The number of amides is 2. The van der Waals surface area contributed by atoms with Crippen LogP contribution in [0.5, 0.6) is 0 Å². The van der Waals surface area contributed by atoms with Gasteiger partial charge in [-0.25, -0.2) is 0 Å². The van der Waals surface area contributed by atoms with E-state index >= 15 is 0 Å². The molecule has 2 aromatic rings. The molecule has 1 fully saturated rings. The number of carbonyl (C=O) groups excluding carboxylic acids is 2. The number of hydrogen-bond donors (Lipinski definition) is 1. The quantitative estimate of drug-likeness (QED) is 0.611. The Hall–Kier alpha value is -2.24. The van der Waals surface area contributed by atoms with Gasteiger partial charge in [-0.15, -0.1) is 12.4 Å². The monoisotopic (exact) mass is 405 g/mol. The Morgan fingerprint density at radius 3 is 2.59 bits per heavy atom. The Bertz CT molecular complexity index is 870. The molecule has 0 spiro atoms. The van der Waals surface area contributed by atoms with E-state index in [4.69, 9.17) is 17.3 Å². The van der Waals surface area contributed by atoms with Gasteiger partial charge >= 0.3 is 0 Å². The smallest absolute Gasteiger partial charge is 0.239 e. The highest BCUT2D eigenvalue weighted by atomic mass is 35.5. The maximum Gasteiger partial charge on any atom is 0.239 e. The number of benzene rings is 2. The number of halogens is 2. The van der Waals surface area contributed by atoms with Crippen molar-refractivity contribution in [3.05, 3.63) is 53.1 Å². The van der Waals surface area contributed by atoms with Crippen LogP contribution in [0, 0.1) is 5.92 Å². The first-order valence-electron chi connectivity index (χ1n) is 8.82. The van der Waals surface area contributed by atoms with Crippen molar-refractivity contribution in [2.75, 3.05) is 28.6 Å². The van der Waals surface area contributed by atoms with Gasteiger partial charge in [-0.3, -0.25) is 9.59 Å². The first-order valence-corrected chi connectivity index (χ1v) is 9.20. The molecule has 1 atom stereocenters. The number of nitrogens with zero attached hydrogens (tertiary/aromatic N) is 2. The van der Waals surface area contributed by atoms with Crippen LogP contribution in [-0.2, 0) is 16.0 Å². The first-order chi connectivity index (χ1) is 12.6. The van der Waals surface area contributed by atoms with Crippen LogP contribution in [0.4, 0.5) is 17.1 Å². The SMILES string of the molecule is Cl.Nc1cccc2c1CCCN2C(=O)C1CCN(c2ccc(Cl)cc2)C1=O. The number of hydrogen-bond acceptors (Lipinski definition) is 3. The van der Waals surface area contributed by atoms with E-state index in [2.05, 4.69) is 0 Å². The summed E-state index contributed by atoms with van der Waals surface area (Å²) in [6.07, 6.45) is 2.24. The maximum absolute atomic E-state index is 13.1. The maximum atomic E-state index is 13.1. The molecular weight excluding hydrogens is 385 g/mol. The van der Waals surface area contributed by atoms with Gasteiger partial charge in [0.2, 0.25) is 11.8 Å². The van der Waals surface area contributed by atoms with Gasteiger partial charge in [-0.05, 0) is 61.2 Å². The third-order valence-corrected chi connectivity index (χ3v) is 5.45. The lowest BCUT2D eigenvalue weighted by Crippen LogP contribution is -2.42. The molecule has 2 amide bonds. The summed E-state index contributed by atoms with van der Waals surface area (Å²) < 4.78 is 0. The van der Waals surface area contributed by atoms with E-state index in [9.17, 15) is 9.59 Å². The topological polar surface area (TPSA) is 66.6 Å². The summed E-state index contributed by atoms with van der Waals surface area (Å²) in [6.45, 7) is 1.16. The average Bonchev–Trinajstić information content (AvgIpc) is 3.03. The van der Waals surface area contributed by atoms with E-state index in [0.717, 1.165) is 29.8 Å². The molecule has 7 heteroatoms. The first kappa shape index (κ1) is 19.5. The van der Waals surface area contributed by atoms with Crippen LogP contribution in [0.15, 0.2) is 42.5 Å². The summed E-state index contributed by atoms with van der Waals surface area (Å²) in [6, 6.07) is 12.8. The molecular formula is C20H21Cl2N3O2. The zero-order valence-corrected chi connectivity index (χ0v) is 16.3. The van der Waals surface area contributed by atoms with Gasteiger partial charge in [0.15, 0.2) is 0 Å². The number of carbonyl (C=O) groups is 2. The van der Waals surface area contributed by atoms with Gasteiger partial charge in [-0.1, -0.05) is 17.7 Å². The minimum absolute atomic E-state index is 0. The Morgan fingerprint density at radius 1 is 1.11 bits per heavy atom. The Morgan fingerprint density at radius 2 is 1.85 bits per heavy atom. The van der Waals surface area contributed by atoms with Crippen LogP contribution in [0.25, 0.3) is 0 Å². The van der Waals surface area contributed by atoms with Crippen molar-refractivity contribution in [3.63, 3.8) is 0 Å². The second-order valence-electron chi connectivity index (χ2n) is 6.75. The second kappa shape index (κ2) is 7.79. The highest BCUT2D eigenvalue weighted by Gasteiger charge is 2.41. The molecule has 27 heavy (non-hydrogen) atoms. The molecule has 142 valence electrons. The molecule has 0 bridgehead atoms. The van der Waals surface area contributed by atoms with Crippen molar-refractivity contribution in [2.45, 2.75) is 19.3 Å². The van der Waals surface area contributed by atoms with E-state index < -0.39 is 5.92 Å². The Kier molecular flexibility index (Phi) is 5.63. The largest absolute Gasteiger partial charge is 0.398 e. The van der Waals surface area contributed by atoms with Gasteiger partial charge in [0.25, 0.3) is 0 Å². The lowest BCUT2D eigenvalue weighted by atomic mass is 9.97. The highest BCUT2D eigenvalue weighted by molar-refractivity contribution is 6.30. The van der Waals surface area contributed by atoms with Gasteiger partial charge in [-0.2, -0.15) is 0 Å². The van der Waals surface area contributed by atoms with E-state index in [1.165, 1.54) is 0 Å². The number of anilines is 3. The van der Waals surface area contributed by atoms with Crippen molar-refractivity contribution in [2.24, 2.45) is 5.92 Å². The molecule has 0 aliphatic carbocycles. The molecule has 5 nitrogen and oxygen atoms in total. The van der Waals surface area contributed by atoms with E-state index in [0.29, 0.717) is 30.2 Å². The van der Waals surface area contributed by atoms with Crippen molar-refractivity contribution >= 4 is 52.9 Å². The fraction of sp³-hybridized carbons (Fsp3) is 0.300. The van der Waals surface area contributed by atoms with Gasteiger partial charge in [0.1, 0.15) is 5.92 Å². The third-order valence-electron chi connectivity index (χ3n) is 5.19. The third kappa shape index (κ3) is 3.49. The fourth-order valence-corrected chi connectivity index (χ4v) is 3.98. The van der Waals surface area contributed by atoms with Crippen molar-refractivity contribution in [1.82, 2.24) is 0 Å². The summed E-state index contributed by atoms with van der Waals surface area (Å²) in [4.78, 5) is 29.4.